The van der Waals surface area contributed by atoms with Gasteiger partial charge in [-0.25, -0.2) is 4.68 Å². The summed E-state index contributed by atoms with van der Waals surface area (Å²) in [6, 6.07) is 16.1. The Labute approximate surface area is 187 Å². The Morgan fingerprint density at radius 1 is 0.909 bits per heavy atom. The van der Waals surface area contributed by atoms with E-state index in [1.165, 1.54) is 26.4 Å². The maximum atomic E-state index is 13.7. The number of fused-ring (bicyclic) bond motifs is 5. The van der Waals surface area contributed by atoms with E-state index < -0.39 is 11.5 Å². The van der Waals surface area contributed by atoms with Crippen molar-refractivity contribution in [2.75, 3.05) is 19.6 Å². The summed E-state index contributed by atoms with van der Waals surface area (Å²) in [6.45, 7) is 0. The molecule has 5 rings (SSSR count). The van der Waals surface area contributed by atoms with Gasteiger partial charge in [-0.2, -0.15) is 0 Å². The fraction of sp³-hybridized carbons (Fsp3) is 0.0800. The molecule has 8 heteroatoms. The number of ketones is 1. The molecule has 4 aromatic rings. The van der Waals surface area contributed by atoms with Crippen molar-refractivity contribution in [1.29, 1.82) is 0 Å². The van der Waals surface area contributed by atoms with Crippen LogP contribution in [-0.4, -0.2) is 35.7 Å². The number of phenolic OH excluding ortho intramolecular Hbond substituents is 1. The summed E-state index contributed by atoms with van der Waals surface area (Å²) in [5.74, 6) is -0.768. The number of benzene rings is 3. The zero-order valence-electron chi connectivity index (χ0n) is 17.7. The van der Waals surface area contributed by atoms with Crippen LogP contribution in [-0.2, 0) is 0 Å². The molecule has 3 aromatic carbocycles. The number of ether oxygens (including phenoxy) is 2. The van der Waals surface area contributed by atoms with Crippen LogP contribution < -0.4 is 20.5 Å². The van der Waals surface area contributed by atoms with Gasteiger partial charge in [0, 0.05) is 16.5 Å². The summed E-state index contributed by atoms with van der Waals surface area (Å²) in [7, 11) is 2.84. The summed E-state index contributed by atoms with van der Waals surface area (Å²) in [5.41, 5.74) is 3.41. The monoisotopic (exact) mass is 442 g/mol. The topological polar surface area (TPSA) is 107 Å². The number of aromatic hydroxyl groups is 1. The SMILES string of the molecule is COc1ccc2c3c(n(NC(=O)c4ccccc4O)c(=O)c2c1OC)-c1ccccc1C3=O. The highest BCUT2D eigenvalue weighted by Gasteiger charge is 2.34. The van der Waals surface area contributed by atoms with E-state index in [1.807, 2.05) is 0 Å². The van der Waals surface area contributed by atoms with Crippen LogP contribution in [0.1, 0.15) is 26.3 Å². The molecule has 0 spiro atoms. The summed E-state index contributed by atoms with van der Waals surface area (Å²) in [4.78, 5) is 40.2. The van der Waals surface area contributed by atoms with Crippen LogP contribution in [0.4, 0.5) is 0 Å². The van der Waals surface area contributed by atoms with E-state index >= 15 is 0 Å². The van der Waals surface area contributed by atoms with Crippen molar-refractivity contribution in [3.05, 3.63) is 87.7 Å². The molecule has 0 saturated carbocycles. The number of hydrogen-bond donors (Lipinski definition) is 2. The quantitative estimate of drug-likeness (QED) is 0.442. The molecule has 164 valence electrons. The van der Waals surface area contributed by atoms with Gasteiger partial charge in [-0.1, -0.05) is 36.4 Å². The maximum absolute atomic E-state index is 13.7. The fourth-order valence-electron chi connectivity index (χ4n) is 4.24. The third kappa shape index (κ3) is 2.88. The number of carbonyl (C=O) groups excluding carboxylic acids is 2. The summed E-state index contributed by atoms with van der Waals surface area (Å²) >= 11 is 0. The third-order valence-electron chi connectivity index (χ3n) is 5.71. The van der Waals surface area contributed by atoms with Gasteiger partial charge in [-0.3, -0.25) is 19.8 Å². The van der Waals surface area contributed by atoms with Crippen molar-refractivity contribution < 1.29 is 24.2 Å². The highest BCUT2D eigenvalue weighted by molar-refractivity contribution is 6.27. The van der Waals surface area contributed by atoms with Gasteiger partial charge in [0.05, 0.1) is 36.4 Å². The van der Waals surface area contributed by atoms with Gasteiger partial charge in [0.25, 0.3) is 11.5 Å². The zero-order chi connectivity index (χ0) is 23.3. The minimum absolute atomic E-state index is 0.0199. The molecule has 1 aliphatic rings. The summed E-state index contributed by atoms with van der Waals surface area (Å²) < 4.78 is 11.8. The van der Waals surface area contributed by atoms with Crippen LogP contribution >= 0.6 is 0 Å². The van der Waals surface area contributed by atoms with Gasteiger partial charge in [0.15, 0.2) is 17.3 Å². The second-order valence-electron chi connectivity index (χ2n) is 7.42. The largest absolute Gasteiger partial charge is 0.507 e. The Kier molecular flexibility index (Phi) is 4.63. The Hall–Kier alpha value is -4.59. The van der Waals surface area contributed by atoms with Gasteiger partial charge in [-0.15, -0.1) is 0 Å². The molecule has 0 radical (unpaired) electrons. The average Bonchev–Trinajstić information content (AvgIpc) is 3.13. The van der Waals surface area contributed by atoms with E-state index in [2.05, 4.69) is 5.43 Å². The van der Waals surface area contributed by atoms with Crippen LogP contribution in [0.25, 0.3) is 22.0 Å². The Balaban J connectivity index is 1.87. The van der Waals surface area contributed by atoms with E-state index in [1.54, 1.807) is 48.5 Å². The molecule has 1 aromatic heterocycles. The van der Waals surface area contributed by atoms with E-state index in [9.17, 15) is 19.5 Å². The number of aromatic nitrogens is 1. The second kappa shape index (κ2) is 7.52. The van der Waals surface area contributed by atoms with Gasteiger partial charge >= 0.3 is 0 Å². The maximum Gasteiger partial charge on any atom is 0.281 e. The zero-order valence-corrected chi connectivity index (χ0v) is 17.7. The molecule has 0 saturated heterocycles. The number of pyridine rings is 1. The molecule has 1 aliphatic carbocycles. The normalized spacial score (nSPS) is 11.8. The molecule has 33 heavy (non-hydrogen) atoms. The second-order valence-corrected chi connectivity index (χ2v) is 7.42. The van der Waals surface area contributed by atoms with Gasteiger partial charge < -0.3 is 14.6 Å². The van der Waals surface area contributed by atoms with Crippen molar-refractivity contribution in [1.82, 2.24) is 4.68 Å². The lowest BCUT2D eigenvalue weighted by molar-refractivity contribution is 0.100. The fourth-order valence-corrected chi connectivity index (χ4v) is 4.24. The Morgan fingerprint density at radius 3 is 2.30 bits per heavy atom. The van der Waals surface area contributed by atoms with Crippen LogP contribution in [0.5, 0.6) is 17.2 Å². The number of phenols is 1. The minimum Gasteiger partial charge on any atom is -0.507 e. The molecule has 1 amide bonds. The predicted molar refractivity (Wildman–Crippen MR) is 122 cm³/mol. The van der Waals surface area contributed by atoms with Crippen molar-refractivity contribution in [2.45, 2.75) is 0 Å². The van der Waals surface area contributed by atoms with E-state index in [0.29, 0.717) is 22.3 Å². The lowest BCUT2D eigenvalue weighted by Crippen LogP contribution is -2.35. The minimum atomic E-state index is -0.713. The van der Waals surface area contributed by atoms with E-state index in [4.69, 9.17) is 9.47 Å². The molecule has 0 atom stereocenters. The van der Waals surface area contributed by atoms with Crippen molar-refractivity contribution in [2.24, 2.45) is 0 Å². The first-order chi connectivity index (χ1) is 16.0. The lowest BCUT2D eigenvalue weighted by atomic mass is 10.0. The van der Waals surface area contributed by atoms with Gasteiger partial charge in [0.2, 0.25) is 0 Å². The average molecular weight is 442 g/mol. The number of methoxy groups -OCH3 is 2. The molecule has 2 N–H and O–H groups in total. The third-order valence-corrected chi connectivity index (χ3v) is 5.71. The number of carbonyl (C=O) groups is 2. The highest BCUT2D eigenvalue weighted by Crippen LogP contribution is 2.42. The molecular weight excluding hydrogens is 424 g/mol. The Morgan fingerprint density at radius 2 is 1.61 bits per heavy atom. The molecule has 8 nitrogen and oxygen atoms in total. The molecule has 0 aliphatic heterocycles. The van der Waals surface area contributed by atoms with Crippen LogP contribution in [0.2, 0.25) is 0 Å². The number of nitrogens with zero attached hydrogens (tertiary/aromatic N) is 1. The smallest absolute Gasteiger partial charge is 0.281 e. The number of rotatable bonds is 4. The first-order valence-electron chi connectivity index (χ1n) is 10.0. The molecule has 0 bridgehead atoms. The number of hydrogen-bond acceptors (Lipinski definition) is 6. The molecular formula is C25H18N2O6. The highest BCUT2D eigenvalue weighted by atomic mass is 16.5. The number of para-hydroxylation sites is 1. The number of amides is 1. The van der Waals surface area contributed by atoms with Crippen molar-refractivity contribution >= 4 is 22.5 Å². The van der Waals surface area contributed by atoms with Crippen LogP contribution in [0.3, 0.4) is 0 Å². The first-order valence-corrected chi connectivity index (χ1v) is 10.0. The Bertz CT molecular complexity index is 1540. The van der Waals surface area contributed by atoms with Crippen LogP contribution in [0, 0.1) is 0 Å². The number of nitrogens with one attached hydrogen (secondary N) is 1. The standard InChI is InChI=1S/C25H18N2O6/c1-32-18-12-11-16-19-21(13-7-3-4-8-14(13)22(19)29)27(25(31)20(16)23(18)33-2)26-24(30)15-9-5-6-10-17(15)28/h3-12,28H,1-2H3,(H,26,30). The molecule has 1 heterocycles. The predicted octanol–water partition coefficient (Wildman–Crippen LogP) is 3.32. The summed E-state index contributed by atoms with van der Waals surface area (Å²) in [6.07, 6.45) is 0. The molecule has 0 unspecified atom stereocenters. The molecule has 0 fully saturated rings. The van der Waals surface area contributed by atoms with Crippen molar-refractivity contribution in [3.8, 4) is 28.5 Å². The lowest BCUT2D eigenvalue weighted by Gasteiger charge is -2.18. The van der Waals surface area contributed by atoms with Gasteiger partial charge in [-0.05, 0) is 24.3 Å². The van der Waals surface area contributed by atoms with E-state index in [0.717, 1.165) is 4.68 Å². The summed E-state index contributed by atoms with van der Waals surface area (Å²) in [5, 5.41) is 10.6. The van der Waals surface area contributed by atoms with Crippen LogP contribution in [0.15, 0.2) is 65.5 Å². The van der Waals surface area contributed by atoms with Crippen molar-refractivity contribution in [3.63, 3.8) is 0 Å². The first kappa shape index (κ1) is 20.3. The van der Waals surface area contributed by atoms with Gasteiger partial charge in [0.1, 0.15) is 5.75 Å². The van der Waals surface area contributed by atoms with E-state index in [-0.39, 0.29) is 39.5 Å².